The molecule has 0 radical (unpaired) electrons. The molecular weight excluding hydrogens is 267 g/mol. The van der Waals surface area contributed by atoms with Crippen LogP contribution in [0.15, 0.2) is 18.2 Å². The Kier molecular flexibility index (Phi) is 4.77. The summed E-state index contributed by atoms with van der Waals surface area (Å²) >= 11 is 5.67. The van der Waals surface area contributed by atoms with Gasteiger partial charge in [0.05, 0.1) is 10.8 Å². The highest BCUT2D eigenvalue weighted by molar-refractivity contribution is 7.87. The lowest BCUT2D eigenvalue weighted by atomic mass is 10.2. The zero-order chi connectivity index (χ0) is 13.1. The number of hydrogen-bond acceptors (Lipinski definition) is 3. The molecule has 0 unspecified atom stereocenters. The topological polar surface area (TPSA) is 43.4 Å². The molecule has 1 rings (SSSR count). The minimum absolute atomic E-state index is 0.0446. The van der Waals surface area contributed by atoms with Crippen LogP contribution in [0.25, 0.3) is 0 Å². The predicted octanol–water partition coefficient (Wildman–Crippen LogP) is 3.23. The zero-order valence-corrected chi connectivity index (χ0v) is 11.2. The summed E-state index contributed by atoms with van der Waals surface area (Å²) in [5.41, 5.74) is 0. The minimum Gasteiger partial charge on any atom is -0.381 e. The second-order valence-corrected chi connectivity index (χ2v) is 6.20. The first-order chi connectivity index (χ1) is 7.80. The standard InChI is InChI=1S/C11H14ClFO3S/c1-8(2)5-6-17(14,15)16-11-4-3-9(13)7-10(11)12/h3-4,7-8H,5-6H2,1-2H3. The van der Waals surface area contributed by atoms with E-state index in [1.54, 1.807) is 0 Å². The van der Waals surface area contributed by atoms with Gasteiger partial charge in [-0.15, -0.1) is 0 Å². The lowest BCUT2D eigenvalue weighted by molar-refractivity contribution is 0.476. The molecule has 0 aromatic heterocycles. The molecule has 0 bridgehead atoms. The first-order valence-electron chi connectivity index (χ1n) is 5.17. The monoisotopic (exact) mass is 280 g/mol. The Morgan fingerprint density at radius 3 is 2.59 bits per heavy atom. The van der Waals surface area contributed by atoms with Crippen LogP contribution >= 0.6 is 11.6 Å². The summed E-state index contributed by atoms with van der Waals surface area (Å²) in [5.74, 6) is -0.408. The summed E-state index contributed by atoms with van der Waals surface area (Å²) in [7, 11) is -3.67. The van der Waals surface area contributed by atoms with Gasteiger partial charge in [0.15, 0.2) is 5.75 Å². The average molecular weight is 281 g/mol. The Balaban J connectivity index is 2.76. The molecule has 0 N–H and O–H groups in total. The molecule has 0 aliphatic rings. The molecule has 6 heteroatoms. The van der Waals surface area contributed by atoms with Gasteiger partial charge >= 0.3 is 10.1 Å². The van der Waals surface area contributed by atoms with E-state index in [2.05, 4.69) is 0 Å². The van der Waals surface area contributed by atoms with Crippen LogP contribution in [0.4, 0.5) is 4.39 Å². The Morgan fingerprint density at radius 2 is 2.06 bits per heavy atom. The molecule has 0 amide bonds. The number of rotatable bonds is 5. The van der Waals surface area contributed by atoms with Crippen LogP contribution in [0.5, 0.6) is 5.75 Å². The Hall–Kier alpha value is -0.810. The van der Waals surface area contributed by atoms with Crippen molar-refractivity contribution in [3.8, 4) is 5.75 Å². The maximum Gasteiger partial charge on any atom is 0.309 e. The second kappa shape index (κ2) is 5.69. The number of halogens is 2. The molecule has 0 fully saturated rings. The van der Waals surface area contributed by atoms with E-state index in [0.29, 0.717) is 6.42 Å². The zero-order valence-electron chi connectivity index (χ0n) is 9.61. The van der Waals surface area contributed by atoms with Crippen LogP contribution in [-0.2, 0) is 10.1 Å². The van der Waals surface area contributed by atoms with E-state index in [4.69, 9.17) is 15.8 Å². The Bertz CT molecular complexity index is 485. The van der Waals surface area contributed by atoms with Gasteiger partial charge in [-0.2, -0.15) is 8.42 Å². The molecule has 1 aromatic rings. The van der Waals surface area contributed by atoms with Crippen molar-refractivity contribution in [1.29, 1.82) is 0 Å². The molecular formula is C11H14ClFO3S. The van der Waals surface area contributed by atoms with Gasteiger partial charge < -0.3 is 4.18 Å². The first-order valence-corrected chi connectivity index (χ1v) is 7.13. The summed E-state index contributed by atoms with van der Waals surface area (Å²) < 4.78 is 40.7. The summed E-state index contributed by atoms with van der Waals surface area (Å²) in [6, 6.07) is 3.30. The fourth-order valence-corrected chi connectivity index (χ4v) is 2.62. The highest BCUT2D eigenvalue weighted by Crippen LogP contribution is 2.26. The van der Waals surface area contributed by atoms with Crippen molar-refractivity contribution in [3.05, 3.63) is 29.0 Å². The fraction of sp³-hybridized carbons (Fsp3) is 0.455. The van der Waals surface area contributed by atoms with Gasteiger partial charge in [-0.1, -0.05) is 25.4 Å². The van der Waals surface area contributed by atoms with E-state index in [1.165, 1.54) is 6.07 Å². The maximum atomic E-state index is 12.7. The van der Waals surface area contributed by atoms with Crippen molar-refractivity contribution in [1.82, 2.24) is 0 Å². The van der Waals surface area contributed by atoms with Crippen LogP contribution < -0.4 is 4.18 Å². The fourth-order valence-electron chi connectivity index (χ4n) is 1.10. The molecule has 0 saturated carbocycles. The van der Waals surface area contributed by atoms with Gasteiger partial charge in [0, 0.05) is 0 Å². The van der Waals surface area contributed by atoms with E-state index < -0.39 is 15.9 Å². The van der Waals surface area contributed by atoms with E-state index >= 15 is 0 Å². The highest BCUT2D eigenvalue weighted by atomic mass is 35.5. The summed E-state index contributed by atoms with van der Waals surface area (Å²) in [6.07, 6.45) is 0.501. The third-order valence-electron chi connectivity index (χ3n) is 2.06. The minimum atomic E-state index is -3.67. The van der Waals surface area contributed by atoms with Crippen LogP contribution in [-0.4, -0.2) is 14.2 Å². The van der Waals surface area contributed by atoms with Crippen molar-refractivity contribution >= 4 is 21.7 Å². The van der Waals surface area contributed by atoms with E-state index in [-0.39, 0.29) is 22.4 Å². The van der Waals surface area contributed by atoms with Crippen molar-refractivity contribution in [2.45, 2.75) is 20.3 Å². The van der Waals surface area contributed by atoms with Crippen molar-refractivity contribution in [3.63, 3.8) is 0 Å². The third-order valence-corrected chi connectivity index (χ3v) is 3.52. The highest BCUT2D eigenvalue weighted by Gasteiger charge is 2.15. The quantitative estimate of drug-likeness (QED) is 0.778. The molecule has 0 aliphatic carbocycles. The number of benzene rings is 1. The summed E-state index contributed by atoms with van der Waals surface area (Å²) in [4.78, 5) is 0. The van der Waals surface area contributed by atoms with Crippen LogP contribution in [0.1, 0.15) is 20.3 Å². The molecule has 17 heavy (non-hydrogen) atoms. The van der Waals surface area contributed by atoms with Gasteiger partial charge in [0.2, 0.25) is 0 Å². The predicted molar refractivity (Wildman–Crippen MR) is 65.3 cm³/mol. The Morgan fingerprint density at radius 1 is 1.41 bits per heavy atom. The van der Waals surface area contributed by atoms with E-state index in [9.17, 15) is 12.8 Å². The molecule has 0 aliphatic heterocycles. The van der Waals surface area contributed by atoms with Crippen LogP contribution in [0.2, 0.25) is 5.02 Å². The van der Waals surface area contributed by atoms with Gasteiger partial charge in [-0.25, -0.2) is 4.39 Å². The largest absolute Gasteiger partial charge is 0.381 e. The van der Waals surface area contributed by atoms with Crippen LogP contribution in [0, 0.1) is 11.7 Å². The molecule has 0 heterocycles. The van der Waals surface area contributed by atoms with Crippen molar-refractivity contribution in [2.24, 2.45) is 5.92 Å². The second-order valence-electron chi connectivity index (χ2n) is 4.10. The molecule has 96 valence electrons. The van der Waals surface area contributed by atoms with E-state index in [0.717, 1.165) is 12.1 Å². The molecule has 3 nitrogen and oxygen atoms in total. The Labute approximate surface area is 106 Å². The van der Waals surface area contributed by atoms with Gasteiger partial charge in [-0.05, 0) is 30.5 Å². The van der Waals surface area contributed by atoms with Crippen molar-refractivity contribution < 1.29 is 17.0 Å². The lowest BCUT2D eigenvalue weighted by Gasteiger charge is -2.09. The lowest BCUT2D eigenvalue weighted by Crippen LogP contribution is -2.15. The van der Waals surface area contributed by atoms with Gasteiger partial charge in [-0.3, -0.25) is 0 Å². The smallest absolute Gasteiger partial charge is 0.309 e. The average Bonchev–Trinajstić information content (AvgIpc) is 2.20. The molecule has 0 spiro atoms. The molecule has 0 saturated heterocycles. The first kappa shape index (κ1) is 14.3. The summed E-state index contributed by atoms with van der Waals surface area (Å²) in [6.45, 7) is 3.83. The van der Waals surface area contributed by atoms with Crippen LogP contribution in [0.3, 0.4) is 0 Å². The summed E-state index contributed by atoms with van der Waals surface area (Å²) in [5, 5.41) is -0.0573. The van der Waals surface area contributed by atoms with E-state index in [1.807, 2.05) is 13.8 Å². The van der Waals surface area contributed by atoms with Gasteiger partial charge in [0.1, 0.15) is 5.82 Å². The normalized spacial score (nSPS) is 11.8. The number of hydrogen-bond donors (Lipinski definition) is 0. The molecule has 0 atom stereocenters. The SMILES string of the molecule is CC(C)CCS(=O)(=O)Oc1ccc(F)cc1Cl. The van der Waals surface area contributed by atoms with Crippen molar-refractivity contribution in [2.75, 3.05) is 5.75 Å². The maximum absolute atomic E-state index is 12.7. The third kappa shape index (κ3) is 4.91. The molecule has 1 aromatic carbocycles. The van der Waals surface area contributed by atoms with Gasteiger partial charge in [0.25, 0.3) is 0 Å².